The standard InChI is InChI=1S/C24H26N4O2S/c29-23(26-16-17-9-10-22(25-15-17)28-11-13-30-14-12-28)18-5-1-2-6-19(18)24-27-20-7-3-4-8-21(20)31-24/h1-4,7-10,15,18-19H,5-6,11-14,16H2,(H,26,29)/t18-,19-/m0/s1. The van der Waals surface area contributed by atoms with Crippen LogP contribution in [-0.2, 0) is 16.1 Å². The number of rotatable bonds is 5. The maximum Gasteiger partial charge on any atom is 0.224 e. The monoisotopic (exact) mass is 434 g/mol. The zero-order valence-electron chi connectivity index (χ0n) is 17.4. The molecule has 2 aliphatic rings. The van der Waals surface area contributed by atoms with Gasteiger partial charge >= 0.3 is 0 Å². The number of ether oxygens (including phenoxy) is 1. The van der Waals surface area contributed by atoms with E-state index in [1.54, 1.807) is 11.3 Å². The van der Waals surface area contributed by atoms with E-state index in [1.165, 1.54) is 4.70 Å². The largest absolute Gasteiger partial charge is 0.378 e. The molecular weight excluding hydrogens is 408 g/mol. The third-order valence-corrected chi connectivity index (χ3v) is 7.18. The number of thiazole rings is 1. The number of nitrogens with one attached hydrogen (secondary N) is 1. The summed E-state index contributed by atoms with van der Waals surface area (Å²) in [4.78, 5) is 24.7. The number of morpholine rings is 1. The molecule has 0 bridgehead atoms. The average molecular weight is 435 g/mol. The minimum Gasteiger partial charge on any atom is -0.378 e. The fraction of sp³-hybridized carbons (Fsp3) is 0.375. The summed E-state index contributed by atoms with van der Waals surface area (Å²) in [6.07, 6.45) is 7.76. The van der Waals surface area contributed by atoms with Crippen LogP contribution < -0.4 is 10.2 Å². The Labute approximate surface area is 186 Å². The van der Waals surface area contributed by atoms with Gasteiger partial charge in [0.05, 0.1) is 34.4 Å². The van der Waals surface area contributed by atoms with Gasteiger partial charge in [0.2, 0.25) is 5.91 Å². The van der Waals surface area contributed by atoms with Crippen LogP contribution in [-0.4, -0.2) is 42.2 Å². The number of hydrogen-bond donors (Lipinski definition) is 1. The van der Waals surface area contributed by atoms with Crippen molar-refractivity contribution in [2.45, 2.75) is 25.3 Å². The highest BCUT2D eigenvalue weighted by atomic mass is 32.1. The quantitative estimate of drug-likeness (QED) is 0.617. The van der Waals surface area contributed by atoms with Crippen molar-refractivity contribution >= 4 is 33.3 Å². The second-order valence-electron chi connectivity index (χ2n) is 8.02. The molecule has 7 heteroatoms. The first-order valence-electron chi connectivity index (χ1n) is 10.8. The number of hydrogen-bond acceptors (Lipinski definition) is 6. The number of para-hydroxylation sites is 1. The number of pyridine rings is 1. The normalized spacial score (nSPS) is 21.4. The summed E-state index contributed by atoms with van der Waals surface area (Å²) in [6.45, 7) is 3.70. The summed E-state index contributed by atoms with van der Waals surface area (Å²) < 4.78 is 6.58. The summed E-state index contributed by atoms with van der Waals surface area (Å²) in [6, 6.07) is 12.3. The van der Waals surface area contributed by atoms with Gasteiger partial charge in [-0.25, -0.2) is 9.97 Å². The maximum atomic E-state index is 13.1. The number of carbonyl (C=O) groups excluding carboxylic acids is 1. The zero-order valence-corrected chi connectivity index (χ0v) is 18.2. The molecule has 0 saturated carbocycles. The second kappa shape index (κ2) is 9.16. The van der Waals surface area contributed by atoms with Crippen molar-refractivity contribution in [3.8, 4) is 0 Å². The molecule has 1 saturated heterocycles. The molecule has 1 N–H and O–H groups in total. The molecular formula is C24H26N4O2S. The van der Waals surface area contributed by atoms with Crippen LogP contribution in [0.1, 0.15) is 29.3 Å². The fourth-order valence-electron chi connectivity index (χ4n) is 4.25. The molecule has 2 aromatic heterocycles. The number of allylic oxidation sites excluding steroid dienone is 2. The number of fused-ring (bicyclic) bond motifs is 1. The van der Waals surface area contributed by atoms with E-state index in [0.717, 1.165) is 61.1 Å². The summed E-state index contributed by atoms with van der Waals surface area (Å²) in [5, 5.41) is 4.19. The smallest absolute Gasteiger partial charge is 0.224 e. The van der Waals surface area contributed by atoms with Crippen LogP contribution in [0.5, 0.6) is 0 Å². The number of anilines is 1. The first-order chi connectivity index (χ1) is 15.3. The molecule has 0 unspecified atom stereocenters. The molecule has 1 amide bonds. The molecule has 3 heterocycles. The van der Waals surface area contributed by atoms with Crippen molar-refractivity contribution < 1.29 is 9.53 Å². The van der Waals surface area contributed by atoms with Crippen molar-refractivity contribution in [1.82, 2.24) is 15.3 Å². The van der Waals surface area contributed by atoms with Crippen LogP contribution >= 0.6 is 11.3 Å². The first-order valence-corrected chi connectivity index (χ1v) is 11.7. The molecule has 1 aliphatic heterocycles. The molecule has 1 aromatic carbocycles. The molecule has 0 radical (unpaired) electrons. The fourth-order valence-corrected chi connectivity index (χ4v) is 5.39. The summed E-state index contributed by atoms with van der Waals surface area (Å²) in [5.74, 6) is 1.09. The minimum atomic E-state index is -0.0915. The van der Waals surface area contributed by atoms with Gasteiger partial charge in [-0.3, -0.25) is 4.79 Å². The van der Waals surface area contributed by atoms with Crippen LogP contribution in [0.2, 0.25) is 0 Å². The van der Waals surface area contributed by atoms with Crippen LogP contribution in [0, 0.1) is 5.92 Å². The highest BCUT2D eigenvalue weighted by molar-refractivity contribution is 7.18. The van der Waals surface area contributed by atoms with Gasteiger partial charge in [-0.2, -0.15) is 0 Å². The number of amides is 1. The minimum absolute atomic E-state index is 0.0888. The van der Waals surface area contributed by atoms with Crippen molar-refractivity contribution in [2.24, 2.45) is 5.92 Å². The Morgan fingerprint density at radius 3 is 2.77 bits per heavy atom. The van der Waals surface area contributed by atoms with Gasteiger partial charge in [-0.1, -0.05) is 30.4 Å². The van der Waals surface area contributed by atoms with Gasteiger partial charge in [0.1, 0.15) is 5.82 Å². The van der Waals surface area contributed by atoms with E-state index in [-0.39, 0.29) is 17.7 Å². The second-order valence-corrected chi connectivity index (χ2v) is 9.08. The highest BCUT2D eigenvalue weighted by Crippen LogP contribution is 2.38. The lowest BCUT2D eigenvalue weighted by molar-refractivity contribution is -0.125. The maximum absolute atomic E-state index is 13.1. The first kappa shape index (κ1) is 20.2. The summed E-state index contributed by atoms with van der Waals surface area (Å²) >= 11 is 1.71. The Morgan fingerprint density at radius 2 is 1.97 bits per heavy atom. The number of benzene rings is 1. The predicted molar refractivity (Wildman–Crippen MR) is 123 cm³/mol. The molecule has 160 valence electrons. The molecule has 1 fully saturated rings. The molecule has 3 aromatic rings. The number of aromatic nitrogens is 2. The van der Waals surface area contributed by atoms with E-state index in [9.17, 15) is 4.79 Å². The van der Waals surface area contributed by atoms with Gasteiger partial charge < -0.3 is 15.0 Å². The molecule has 2 atom stereocenters. The van der Waals surface area contributed by atoms with Gasteiger partial charge in [0.15, 0.2) is 0 Å². The Kier molecular flexibility index (Phi) is 5.95. The van der Waals surface area contributed by atoms with Crippen LogP contribution in [0.4, 0.5) is 5.82 Å². The van der Waals surface area contributed by atoms with E-state index in [4.69, 9.17) is 9.72 Å². The topological polar surface area (TPSA) is 67.4 Å². The Hall–Kier alpha value is -2.77. The Bertz CT molecular complexity index is 1040. The lowest BCUT2D eigenvalue weighted by Crippen LogP contribution is -2.36. The van der Waals surface area contributed by atoms with E-state index in [1.807, 2.05) is 36.5 Å². The van der Waals surface area contributed by atoms with Crippen molar-refractivity contribution in [1.29, 1.82) is 0 Å². The van der Waals surface area contributed by atoms with Crippen molar-refractivity contribution in [2.75, 3.05) is 31.2 Å². The Morgan fingerprint density at radius 1 is 1.13 bits per heavy atom. The van der Waals surface area contributed by atoms with Gasteiger partial charge in [0.25, 0.3) is 0 Å². The lowest BCUT2D eigenvalue weighted by atomic mass is 9.82. The van der Waals surface area contributed by atoms with Gasteiger partial charge in [-0.05, 0) is 36.6 Å². The van der Waals surface area contributed by atoms with Gasteiger partial charge in [0, 0.05) is 31.7 Å². The van der Waals surface area contributed by atoms with Crippen molar-refractivity contribution in [3.63, 3.8) is 0 Å². The number of nitrogens with zero attached hydrogens (tertiary/aromatic N) is 3. The third kappa shape index (κ3) is 4.48. The zero-order chi connectivity index (χ0) is 21.0. The van der Waals surface area contributed by atoms with Gasteiger partial charge in [-0.15, -0.1) is 11.3 Å². The van der Waals surface area contributed by atoms with E-state index < -0.39 is 0 Å². The number of carbonyl (C=O) groups is 1. The lowest BCUT2D eigenvalue weighted by Gasteiger charge is -2.28. The molecule has 0 spiro atoms. The summed E-state index contributed by atoms with van der Waals surface area (Å²) in [7, 11) is 0. The summed E-state index contributed by atoms with van der Waals surface area (Å²) in [5.41, 5.74) is 2.02. The van der Waals surface area contributed by atoms with E-state index >= 15 is 0 Å². The van der Waals surface area contributed by atoms with E-state index in [2.05, 4.69) is 33.4 Å². The third-order valence-electron chi connectivity index (χ3n) is 6.01. The van der Waals surface area contributed by atoms with Crippen LogP contribution in [0.25, 0.3) is 10.2 Å². The van der Waals surface area contributed by atoms with Crippen molar-refractivity contribution in [3.05, 3.63) is 65.3 Å². The Balaban J connectivity index is 1.24. The highest BCUT2D eigenvalue weighted by Gasteiger charge is 2.32. The van der Waals surface area contributed by atoms with E-state index in [0.29, 0.717) is 6.54 Å². The molecule has 5 rings (SSSR count). The van der Waals surface area contributed by atoms with Crippen LogP contribution in [0.15, 0.2) is 54.7 Å². The molecule has 31 heavy (non-hydrogen) atoms. The molecule has 6 nitrogen and oxygen atoms in total. The molecule has 1 aliphatic carbocycles. The SMILES string of the molecule is O=C(NCc1ccc(N2CCOCC2)nc1)[C@H]1CC=CC[C@@H]1c1nc2ccccc2s1. The predicted octanol–water partition coefficient (Wildman–Crippen LogP) is 3.89. The average Bonchev–Trinajstić information content (AvgIpc) is 3.28. The van der Waals surface area contributed by atoms with Crippen LogP contribution in [0.3, 0.4) is 0 Å².